The average Bonchev–Trinajstić information content (AvgIpc) is 4.17. The molecule has 10 heterocycles. The summed E-state index contributed by atoms with van der Waals surface area (Å²) in [4.78, 5) is 76.2. The van der Waals surface area contributed by atoms with Crippen LogP contribution >= 0.6 is 45.9 Å². The van der Waals surface area contributed by atoms with Gasteiger partial charge in [0.2, 0.25) is 17.7 Å². The monoisotopic (exact) mass is 1070 g/mol. The number of Topliss-reactive ketones (excluding diaryl/α,β-unsaturated/α-hetero) is 1. The highest BCUT2D eigenvalue weighted by atomic mass is 35.5. The Hall–Kier alpha value is -4.96. The topological polar surface area (TPSA) is 114 Å². The lowest BCUT2D eigenvalue weighted by Crippen LogP contribution is -2.58. The summed E-state index contributed by atoms with van der Waals surface area (Å²) in [7, 11) is 4.62. The summed E-state index contributed by atoms with van der Waals surface area (Å²) >= 11 is 17.8. The largest absolute Gasteiger partial charge is 0.368 e. The summed E-state index contributed by atoms with van der Waals surface area (Å²) in [6.45, 7) is 8.08. The molecule has 7 aliphatic rings. The van der Waals surface area contributed by atoms with Crippen LogP contribution in [0.5, 0.6) is 0 Å². The number of benzene rings is 2. The van der Waals surface area contributed by atoms with Gasteiger partial charge in [-0.05, 0) is 156 Å². The Balaban J connectivity index is 0.850. The van der Waals surface area contributed by atoms with E-state index in [9.17, 15) is 19.2 Å². The number of hydrogen-bond donors (Lipinski definition) is 0. The molecule has 0 bridgehead atoms. The van der Waals surface area contributed by atoms with Crippen molar-refractivity contribution in [3.8, 4) is 22.3 Å². The van der Waals surface area contributed by atoms with E-state index in [1.807, 2.05) is 12.4 Å². The fourth-order valence-corrected chi connectivity index (χ4v) is 17.4. The summed E-state index contributed by atoms with van der Waals surface area (Å²) < 4.78 is 2.15. The number of amides is 3. The maximum atomic E-state index is 12.9. The minimum absolute atomic E-state index is 0.0296. The number of piperidine rings is 2. The number of likely N-dealkylation sites (tertiary alicyclic amines) is 4. The number of carbonyl (C=O) groups is 4. The predicted octanol–water partition coefficient (Wildman–Crippen LogP) is 10.9. The number of aromatic nitrogens is 2. The molecule has 4 saturated heterocycles. The third kappa shape index (κ3) is 8.27. The standard InChI is InChI=1S/C58H62Cl2N8O4S2/c1-33-28-62-49-25-40(31-65-30-39(69)6-7-50(65)70)74-57(49)53(33)46-24-35(59)21-34-5-4-17-66(54(34)46)38-27-58(64(3)29-38)15-10-47(58)42-14-20-67(37-12-18-63(2)19-13-37)55-44(42)22-36(60)23-45(55)43-11-16-61-48-26-41(73-56(43)48)32-68-51(71)8-9-52(68)72/h11,16,21-26,28,37-38,42,47H,4-10,12-15,17-20,27,29-32H2,1-3H3/t38-,42?,47?,58?/m0/s1. The summed E-state index contributed by atoms with van der Waals surface area (Å²) in [5.74, 6) is 0.710. The zero-order chi connectivity index (χ0) is 50.7. The molecule has 4 atom stereocenters. The van der Waals surface area contributed by atoms with Gasteiger partial charge in [0.05, 0.1) is 40.1 Å². The van der Waals surface area contributed by atoms with E-state index in [2.05, 4.69) is 83.1 Å². The number of anilines is 2. The zero-order valence-corrected chi connectivity index (χ0v) is 45.6. The number of likely N-dealkylation sites (N-methyl/N-ethyl adjacent to an activating group) is 1. The first kappa shape index (κ1) is 48.7. The van der Waals surface area contributed by atoms with Crippen LogP contribution in [0.2, 0.25) is 10.0 Å². The third-order valence-corrected chi connectivity index (χ3v) is 20.9. The highest BCUT2D eigenvalue weighted by molar-refractivity contribution is 7.20. The van der Waals surface area contributed by atoms with Crippen LogP contribution in [-0.2, 0) is 38.7 Å². The highest BCUT2D eigenvalue weighted by Crippen LogP contribution is 2.61. The Labute approximate surface area is 450 Å². The SMILES string of the molecule is Cc1cnc2cc(CN3CC(=O)CCC3=O)sc2c1-c1cc(Cl)cc2c1N([C@@H]1CN(C)C3(CCC3C3CCN(C4CCN(C)CC4)c4c(-c5ccnc6cc(CN7C(=O)CCC7=O)sc56)cc(Cl)cc43)C1)CCC2. The van der Waals surface area contributed by atoms with Gasteiger partial charge in [-0.2, -0.15) is 0 Å². The normalized spacial score (nSPS) is 25.1. The number of pyridine rings is 2. The first-order valence-electron chi connectivity index (χ1n) is 26.8. The molecule has 2 aromatic carbocycles. The van der Waals surface area contributed by atoms with Crippen LogP contribution < -0.4 is 9.80 Å². The van der Waals surface area contributed by atoms with E-state index in [0.717, 1.165) is 146 Å². The van der Waals surface area contributed by atoms with Crippen molar-refractivity contribution in [3.05, 3.63) is 91.3 Å². The number of halogens is 2. The van der Waals surface area contributed by atoms with Crippen molar-refractivity contribution in [3.63, 3.8) is 0 Å². The first-order chi connectivity index (χ1) is 35.8. The second-order valence-electron chi connectivity index (χ2n) is 22.5. The van der Waals surface area contributed by atoms with Crippen molar-refractivity contribution in [2.75, 3.05) is 63.2 Å². The van der Waals surface area contributed by atoms with Crippen LogP contribution in [0, 0.1) is 12.8 Å². The highest BCUT2D eigenvalue weighted by Gasteiger charge is 2.59. The molecule has 4 aromatic heterocycles. The number of thiophene rings is 2. The Morgan fingerprint density at radius 2 is 1.42 bits per heavy atom. The minimum atomic E-state index is -0.104. The Kier molecular flexibility index (Phi) is 12.5. The van der Waals surface area contributed by atoms with E-state index >= 15 is 0 Å². The molecule has 16 heteroatoms. The maximum Gasteiger partial charge on any atom is 0.230 e. The lowest BCUT2D eigenvalue weighted by atomic mass is 9.57. The van der Waals surface area contributed by atoms with E-state index in [-0.39, 0.29) is 61.4 Å². The Morgan fingerprint density at radius 1 is 0.703 bits per heavy atom. The van der Waals surface area contributed by atoms with Gasteiger partial charge in [-0.1, -0.05) is 23.2 Å². The van der Waals surface area contributed by atoms with Crippen molar-refractivity contribution in [2.45, 2.75) is 121 Å². The number of aryl methyl sites for hydroxylation is 2. The second-order valence-corrected chi connectivity index (χ2v) is 25.6. The molecule has 1 aliphatic carbocycles. The van der Waals surface area contributed by atoms with Crippen LogP contribution in [0.3, 0.4) is 0 Å². The van der Waals surface area contributed by atoms with Crippen LogP contribution in [0.4, 0.5) is 11.4 Å². The molecule has 5 fully saturated rings. The number of rotatable bonds is 9. The molecule has 6 aromatic rings. The first-order valence-corrected chi connectivity index (χ1v) is 29.2. The molecule has 0 N–H and O–H groups in total. The van der Waals surface area contributed by atoms with E-state index in [1.54, 1.807) is 27.6 Å². The molecule has 3 amide bonds. The van der Waals surface area contributed by atoms with Gasteiger partial charge in [-0.15, -0.1) is 22.7 Å². The predicted molar refractivity (Wildman–Crippen MR) is 297 cm³/mol. The van der Waals surface area contributed by atoms with E-state index < -0.39 is 0 Å². The van der Waals surface area contributed by atoms with Crippen LogP contribution in [0.25, 0.3) is 42.7 Å². The van der Waals surface area contributed by atoms with Crippen molar-refractivity contribution < 1.29 is 19.2 Å². The maximum absolute atomic E-state index is 12.9. The molecule has 74 heavy (non-hydrogen) atoms. The Bertz CT molecular complexity index is 3300. The van der Waals surface area contributed by atoms with Gasteiger partial charge in [0.15, 0.2) is 5.78 Å². The molecule has 12 nitrogen and oxygen atoms in total. The van der Waals surface area contributed by atoms with Crippen molar-refractivity contribution in [1.29, 1.82) is 0 Å². The molecule has 1 saturated carbocycles. The van der Waals surface area contributed by atoms with Gasteiger partial charge >= 0.3 is 0 Å². The van der Waals surface area contributed by atoms with Gasteiger partial charge in [-0.25, -0.2) is 0 Å². The van der Waals surface area contributed by atoms with Gasteiger partial charge in [0.1, 0.15) is 0 Å². The van der Waals surface area contributed by atoms with E-state index in [0.29, 0.717) is 36.9 Å². The molecule has 13 rings (SSSR count). The summed E-state index contributed by atoms with van der Waals surface area (Å²) in [6, 6.07) is 15.9. The average molecular weight is 1070 g/mol. The fourth-order valence-electron chi connectivity index (χ4n) is 14.5. The number of fused-ring (bicyclic) bond motifs is 4. The molecular formula is C58H62Cl2N8O4S2. The summed E-state index contributed by atoms with van der Waals surface area (Å²) in [5, 5.41) is 1.49. The number of ketones is 1. The van der Waals surface area contributed by atoms with Crippen LogP contribution in [0.15, 0.2) is 54.9 Å². The van der Waals surface area contributed by atoms with Gasteiger partial charge in [0, 0.05) is 129 Å². The molecule has 6 aliphatic heterocycles. The molecule has 1 spiro atoms. The van der Waals surface area contributed by atoms with Gasteiger partial charge in [-0.3, -0.25) is 38.9 Å². The molecule has 3 unspecified atom stereocenters. The van der Waals surface area contributed by atoms with Gasteiger partial charge < -0.3 is 19.6 Å². The zero-order valence-electron chi connectivity index (χ0n) is 42.4. The second kappa shape index (κ2) is 18.9. The lowest BCUT2D eigenvalue weighted by molar-refractivity contribution is -0.140. The third-order valence-electron chi connectivity index (χ3n) is 18.2. The Morgan fingerprint density at radius 3 is 2.20 bits per heavy atom. The summed E-state index contributed by atoms with van der Waals surface area (Å²) in [5.41, 5.74) is 12.8. The van der Waals surface area contributed by atoms with Gasteiger partial charge in [0.25, 0.3) is 0 Å². The molecule has 384 valence electrons. The number of carbonyl (C=O) groups excluding carboxylic acids is 4. The number of imide groups is 1. The van der Waals surface area contributed by atoms with Crippen molar-refractivity contribution >= 4 is 101 Å². The number of nitrogens with zero attached hydrogens (tertiary/aromatic N) is 8. The molecular weight excluding hydrogens is 1010 g/mol. The quantitative estimate of drug-likeness (QED) is 0.130. The van der Waals surface area contributed by atoms with Crippen LogP contribution in [0.1, 0.15) is 103 Å². The van der Waals surface area contributed by atoms with E-state index in [1.165, 1.54) is 33.8 Å². The van der Waals surface area contributed by atoms with Crippen molar-refractivity contribution in [2.24, 2.45) is 5.92 Å². The van der Waals surface area contributed by atoms with Crippen molar-refractivity contribution in [1.82, 2.24) is 29.6 Å². The minimum Gasteiger partial charge on any atom is -0.368 e. The van der Waals surface area contributed by atoms with E-state index in [4.69, 9.17) is 33.2 Å². The number of hydrogen-bond acceptors (Lipinski definition) is 12. The molecule has 0 radical (unpaired) electrons. The fraction of sp³-hybridized carbons (Fsp3) is 0.483. The summed E-state index contributed by atoms with van der Waals surface area (Å²) in [6.07, 6.45) is 13.8. The van der Waals surface area contributed by atoms with Crippen LogP contribution in [-0.4, -0.2) is 124 Å². The lowest BCUT2D eigenvalue weighted by Gasteiger charge is -2.57. The smallest absolute Gasteiger partial charge is 0.230 e.